The Kier molecular flexibility index (Phi) is 5.97. The summed E-state index contributed by atoms with van der Waals surface area (Å²) in [4.78, 5) is 19.8. The highest BCUT2D eigenvalue weighted by molar-refractivity contribution is 5.77. The highest BCUT2D eigenvalue weighted by atomic mass is 16.5. The van der Waals surface area contributed by atoms with Crippen LogP contribution >= 0.6 is 0 Å². The summed E-state index contributed by atoms with van der Waals surface area (Å²) < 4.78 is 7.41. The Morgan fingerprint density at radius 3 is 2.70 bits per heavy atom. The highest BCUT2D eigenvalue weighted by Gasteiger charge is 2.30. The molecule has 1 amide bonds. The Bertz CT molecular complexity index is 1010. The molecule has 4 rings (SSSR count). The minimum atomic E-state index is -0.127. The van der Waals surface area contributed by atoms with Crippen molar-refractivity contribution < 1.29 is 9.32 Å². The van der Waals surface area contributed by atoms with E-state index >= 15 is 0 Å². The lowest BCUT2D eigenvalue weighted by Crippen LogP contribution is -2.35. The number of carbonyl (C=O) groups is 1. The van der Waals surface area contributed by atoms with E-state index in [1.165, 1.54) is 5.56 Å². The number of aryl methyl sites for hydroxylation is 2. The molecule has 2 aromatic heterocycles. The summed E-state index contributed by atoms with van der Waals surface area (Å²) in [5, 5.41) is 8.72. The first kappa shape index (κ1) is 20.3. The zero-order valence-corrected chi connectivity index (χ0v) is 18.0. The number of benzene rings is 1. The molecule has 0 aliphatic carbocycles. The molecular formula is C23H29N5O2. The lowest BCUT2D eigenvalue weighted by atomic mass is 10.1. The number of carbonyl (C=O) groups excluding carboxylic acids is 1. The third-order valence-corrected chi connectivity index (χ3v) is 6.08. The summed E-state index contributed by atoms with van der Waals surface area (Å²) in [5.74, 6) is 1.26. The van der Waals surface area contributed by atoms with Crippen LogP contribution in [0.4, 0.5) is 0 Å². The van der Waals surface area contributed by atoms with Crippen molar-refractivity contribution in [2.24, 2.45) is 7.05 Å². The predicted octanol–water partition coefficient (Wildman–Crippen LogP) is 4.16. The number of nitrogens with zero attached hydrogens (tertiary/aromatic N) is 5. The Labute approximate surface area is 177 Å². The molecule has 158 valence electrons. The normalized spacial score (nSPS) is 17.2. The first-order chi connectivity index (χ1) is 14.5. The smallest absolute Gasteiger partial charge is 0.257 e. The van der Waals surface area contributed by atoms with Crippen LogP contribution in [0.15, 0.2) is 34.9 Å². The first-order valence-electron chi connectivity index (χ1n) is 10.7. The summed E-state index contributed by atoms with van der Waals surface area (Å²) in [7, 11) is 1.94. The molecule has 30 heavy (non-hydrogen) atoms. The second kappa shape index (κ2) is 8.81. The SMILES string of the molecule is Cc1nn(C)c(C)c1CCC(=O)N1CCCCCC1c1noc(-c2ccccc2)n1. The van der Waals surface area contributed by atoms with Gasteiger partial charge in [0.05, 0.1) is 11.7 Å². The molecule has 7 nitrogen and oxygen atoms in total. The molecule has 0 spiro atoms. The second-order valence-electron chi connectivity index (χ2n) is 8.05. The average Bonchev–Trinajstić information content (AvgIpc) is 3.23. The van der Waals surface area contributed by atoms with Gasteiger partial charge < -0.3 is 9.42 Å². The quantitative estimate of drug-likeness (QED) is 0.635. The van der Waals surface area contributed by atoms with E-state index in [0.29, 0.717) is 24.6 Å². The van der Waals surface area contributed by atoms with Gasteiger partial charge in [-0.15, -0.1) is 0 Å². The molecule has 0 radical (unpaired) electrons. The van der Waals surface area contributed by atoms with E-state index in [1.54, 1.807) is 0 Å². The maximum atomic E-state index is 13.2. The van der Waals surface area contributed by atoms with Gasteiger partial charge in [-0.05, 0) is 50.8 Å². The minimum Gasteiger partial charge on any atom is -0.334 e. The van der Waals surface area contributed by atoms with Crippen LogP contribution in [0.25, 0.3) is 11.5 Å². The van der Waals surface area contributed by atoms with Gasteiger partial charge in [0, 0.05) is 31.3 Å². The Hall–Kier alpha value is -2.96. The molecule has 0 N–H and O–H groups in total. The lowest BCUT2D eigenvalue weighted by molar-refractivity contribution is -0.133. The lowest BCUT2D eigenvalue weighted by Gasteiger charge is -2.28. The molecule has 0 saturated carbocycles. The van der Waals surface area contributed by atoms with E-state index in [0.717, 1.165) is 49.2 Å². The molecule has 0 bridgehead atoms. The molecule has 1 aromatic carbocycles. The zero-order chi connectivity index (χ0) is 21.1. The maximum absolute atomic E-state index is 13.2. The molecule has 3 heterocycles. The molecule has 1 aliphatic rings. The summed E-state index contributed by atoms with van der Waals surface area (Å²) >= 11 is 0. The van der Waals surface area contributed by atoms with E-state index in [2.05, 4.69) is 22.2 Å². The van der Waals surface area contributed by atoms with Crippen molar-refractivity contribution in [2.45, 2.75) is 58.4 Å². The van der Waals surface area contributed by atoms with Crippen LogP contribution in [0.2, 0.25) is 0 Å². The second-order valence-corrected chi connectivity index (χ2v) is 8.05. The minimum absolute atomic E-state index is 0.127. The third kappa shape index (κ3) is 4.15. The number of hydrogen-bond donors (Lipinski definition) is 0. The maximum Gasteiger partial charge on any atom is 0.257 e. The molecule has 1 aliphatic heterocycles. The molecule has 3 aromatic rings. The Morgan fingerprint density at radius 1 is 1.17 bits per heavy atom. The number of aromatic nitrogens is 4. The number of hydrogen-bond acceptors (Lipinski definition) is 5. The molecule has 1 atom stereocenters. The van der Waals surface area contributed by atoms with E-state index in [1.807, 2.05) is 53.9 Å². The van der Waals surface area contributed by atoms with Gasteiger partial charge in [-0.25, -0.2) is 0 Å². The predicted molar refractivity (Wildman–Crippen MR) is 114 cm³/mol. The van der Waals surface area contributed by atoms with Gasteiger partial charge in [-0.3, -0.25) is 9.48 Å². The fourth-order valence-corrected chi connectivity index (χ4v) is 4.30. The van der Waals surface area contributed by atoms with Crippen LogP contribution in [0.3, 0.4) is 0 Å². The van der Waals surface area contributed by atoms with E-state index in [9.17, 15) is 4.79 Å². The molecular weight excluding hydrogens is 378 g/mol. The first-order valence-corrected chi connectivity index (χ1v) is 10.7. The number of likely N-dealkylation sites (tertiary alicyclic amines) is 1. The van der Waals surface area contributed by atoms with Gasteiger partial charge in [0.2, 0.25) is 5.91 Å². The third-order valence-electron chi connectivity index (χ3n) is 6.08. The van der Waals surface area contributed by atoms with Crippen molar-refractivity contribution in [3.8, 4) is 11.5 Å². The number of amides is 1. The van der Waals surface area contributed by atoms with Crippen molar-refractivity contribution in [1.29, 1.82) is 0 Å². The van der Waals surface area contributed by atoms with Crippen molar-refractivity contribution in [3.05, 3.63) is 53.1 Å². The zero-order valence-electron chi connectivity index (χ0n) is 18.0. The van der Waals surface area contributed by atoms with Gasteiger partial charge in [0.1, 0.15) is 0 Å². The fourth-order valence-electron chi connectivity index (χ4n) is 4.30. The molecule has 1 fully saturated rings. The Morgan fingerprint density at radius 2 is 1.97 bits per heavy atom. The van der Waals surface area contributed by atoms with Crippen LogP contribution < -0.4 is 0 Å². The van der Waals surface area contributed by atoms with Crippen LogP contribution in [0, 0.1) is 13.8 Å². The van der Waals surface area contributed by atoms with Crippen molar-refractivity contribution in [2.75, 3.05) is 6.54 Å². The van der Waals surface area contributed by atoms with Gasteiger partial charge in [0.25, 0.3) is 5.89 Å². The summed E-state index contributed by atoms with van der Waals surface area (Å²) in [6.45, 7) is 4.80. The summed E-state index contributed by atoms with van der Waals surface area (Å²) in [6.07, 6.45) is 5.22. The van der Waals surface area contributed by atoms with Crippen LogP contribution in [-0.4, -0.2) is 37.3 Å². The van der Waals surface area contributed by atoms with Gasteiger partial charge in [-0.1, -0.05) is 36.2 Å². The summed E-state index contributed by atoms with van der Waals surface area (Å²) in [6, 6.07) is 9.62. The largest absolute Gasteiger partial charge is 0.334 e. The van der Waals surface area contributed by atoms with Crippen LogP contribution in [0.5, 0.6) is 0 Å². The van der Waals surface area contributed by atoms with E-state index in [-0.39, 0.29) is 11.9 Å². The van der Waals surface area contributed by atoms with E-state index in [4.69, 9.17) is 4.52 Å². The topological polar surface area (TPSA) is 77.0 Å². The number of rotatable bonds is 5. The van der Waals surface area contributed by atoms with Gasteiger partial charge >= 0.3 is 0 Å². The van der Waals surface area contributed by atoms with Gasteiger partial charge in [-0.2, -0.15) is 10.1 Å². The highest BCUT2D eigenvalue weighted by Crippen LogP contribution is 2.31. The average molecular weight is 408 g/mol. The fraction of sp³-hybridized carbons (Fsp3) is 0.478. The molecule has 1 unspecified atom stereocenters. The van der Waals surface area contributed by atoms with Gasteiger partial charge in [0.15, 0.2) is 5.82 Å². The van der Waals surface area contributed by atoms with E-state index < -0.39 is 0 Å². The standard InChI is InChI=1S/C23H29N5O2/c1-16-19(17(2)27(3)25-16)13-14-21(29)28-15-9-5-8-12-20(28)22-24-23(30-26-22)18-10-6-4-7-11-18/h4,6-7,10-11,20H,5,8-9,12-15H2,1-3H3. The molecule has 7 heteroatoms. The van der Waals surface area contributed by atoms with Crippen LogP contribution in [-0.2, 0) is 18.3 Å². The Balaban J connectivity index is 1.52. The van der Waals surface area contributed by atoms with Crippen molar-refractivity contribution >= 4 is 5.91 Å². The summed E-state index contributed by atoms with van der Waals surface area (Å²) in [5.41, 5.74) is 4.19. The van der Waals surface area contributed by atoms with Crippen LogP contribution in [0.1, 0.15) is 60.9 Å². The molecule has 1 saturated heterocycles. The monoisotopic (exact) mass is 407 g/mol. The van der Waals surface area contributed by atoms with Crippen molar-refractivity contribution in [3.63, 3.8) is 0 Å². The van der Waals surface area contributed by atoms with Crippen molar-refractivity contribution in [1.82, 2.24) is 24.8 Å².